The molecule has 0 amide bonds. The maximum atomic E-state index is 13.1. The summed E-state index contributed by atoms with van der Waals surface area (Å²) in [7, 11) is 0. The second-order valence-corrected chi connectivity index (χ2v) is 7.70. The summed E-state index contributed by atoms with van der Waals surface area (Å²) in [6, 6.07) is 6.85. The Morgan fingerprint density at radius 1 is 1.00 bits per heavy atom. The zero-order chi connectivity index (χ0) is 21.7. The molecule has 3 heterocycles. The first kappa shape index (κ1) is 20.8. The van der Waals surface area contributed by atoms with Crippen molar-refractivity contribution in [3.63, 3.8) is 0 Å². The monoisotopic (exact) mass is 430 g/mol. The van der Waals surface area contributed by atoms with Gasteiger partial charge in [0, 0.05) is 42.5 Å². The molecule has 0 bridgehead atoms. The van der Waals surface area contributed by atoms with Gasteiger partial charge in [-0.1, -0.05) is 0 Å². The molecule has 1 atom stereocenters. The second-order valence-electron chi connectivity index (χ2n) is 7.70. The number of furan rings is 1. The van der Waals surface area contributed by atoms with Crippen LogP contribution in [0.3, 0.4) is 0 Å². The largest absolute Gasteiger partial charge is 0.461 e. The highest BCUT2D eigenvalue weighted by Crippen LogP contribution is 2.41. The van der Waals surface area contributed by atoms with Gasteiger partial charge in [0.05, 0.1) is 11.1 Å². The summed E-state index contributed by atoms with van der Waals surface area (Å²) in [4.78, 5) is 2.37. The molecule has 3 nitrogen and oxygen atoms in total. The first-order chi connectivity index (χ1) is 14.0. The number of hydrogen-bond donors (Lipinski definition) is 0. The number of halogens is 6. The van der Waals surface area contributed by atoms with E-state index in [4.69, 9.17) is 4.42 Å². The quantitative estimate of drug-likeness (QED) is 0.454. The van der Waals surface area contributed by atoms with Crippen LogP contribution in [-0.2, 0) is 18.8 Å². The average molecular weight is 430 g/mol. The van der Waals surface area contributed by atoms with Crippen molar-refractivity contribution in [2.24, 2.45) is 0 Å². The number of benzene rings is 1. The molecule has 0 aliphatic carbocycles. The maximum absolute atomic E-state index is 13.1. The minimum absolute atomic E-state index is 0.198. The zero-order valence-corrected chi connectivity index (χ0v) is 16.1. The number of alkyl halides is 6. The second kappa shape index (κ2) is 7.37. The van der Waals surface area contributed by atoms with Crippen molar-refractivity contribution in [3.8, 4) is 5.69 Å². The fourth-order valence-corrected chi connectivity index (χ4v) is 4.00. The van der Waals surface area contributed by atoms with Crippen LogP contribution in [0.5, 0.6) is 0 Å². The number of nitrogens with zero attached hydrogens (tertiary/aromatic N) is 2. The van der Waals surface area contributed by atoms with Crippen molar-refractivity contribution >= 4 is 11.0 Å². The number of hydrogen-bond acceptors (Lipinski definition) is 2. The first-order valence-corrected chi connectivity index (χ1v) is 9.65. The minimum atomic E-state index is -5.10. The van der Waals surface area contributed by atoms with Crippen molar-refractivity contribution in [1.82, 2.24) is 9.47 Å². The van der Waals surface area contributed by atoms with E-state index in [1.807, 2.05) is 0 Å². The van der Waals surface area contributed by atoms with E-state index in [2.05, 4.69) is 11.8 Å². The summed E-state index contributed by atoms with van der Waals surface area (Å²) in [5.74, 6) is 0.737. The Hall–Kier alpha value is -2.42. The van der Waals surface area contributed by atoms with Crippen LogP contribution in [0.25, 0.3) is 16.7 Å². The van der Waals surface area contributed by atoms with Crippen LogP contribution in [0.2, 0.25) is 0 Å². The normalized spacial score (nSPS) is 18.6. The van der Waals surface area contributed by atoms with Crippen LogP contribution in [-0.4, -0.2) is 28.6 Å². The molecule has 0 radical (unpaired) electrons. The van der Waals surface area contributed by atoms with E-state index in [-0.39, 0.29) is 5.69 Å². The van der Waals surface area contributed by atoms with Gasteiger partial charge >= 0.3 is 12.4 Å². The molecular formula is C21H20F6N2O. The van der Waals surface area contributed by atoms with E-state index in [1.165, 1.54) is 25.0 Å². The van der Waals surface area contributed by atoms with E-state index in [0.29, 0.717) is 35.8 Å². The molecule has 1 aliphatic rings. The first-order valence-electron chi connectivity index (χ1n) is 9.65. The van der Waals surface area contributed by atoms with E-state index in [1.54, 1.807) is 12.1 Å². The van der Waals surface area contributed by atoms with Crippen LogP contribution in [0, 0.1) is 0 Å². The fourth-order valence-electron chi connectivity index (χ4n) is 4.00. The van der Waals surface area contributed by atoms with Gasteiger partial charge in [-0.25, -0.2) is 0 Å². The van der Waals surface area contributed by atoms with E-state index < -0.39 is 23.5 Å². The predicted octanol–water partition coefficient (Wildman–Crippen LogP) is 6.29. The third-order valence-electron chi connectivity index (χ3n) is 5.62. The lowest BCUT2D eigenvalue weighted by atomic mass is 10.2. The summed E-state index contributed by atoms with van der Waals surface area (Å²) in [6.45, 7) is 4.07. The number of fused-ring (bicyclic) bond motifs is 1. The molecule has 3 aromatic rings. The third kappa shape index (κ3) is 4.08. The minimum Gasteiger partial charge on any atom is -0.461 e. The Labute approximate surface area is 168 Å². The van der Waals surface area contributed by atoms with Crippen molar-refractivity contribution in [2.75, 3.05) is 13.1 Å². The molecule has 0 unspecified atom stereocenters. The molecule has 0 spiro atoms. The van der Waals surface area contributed by atoms with E-state index in [0.717, 1.165) is 23.4 Å². The summed E-state index contributed by atoms with van der Waals surface area (Å²) in [6.07, 6.45) is -6.24. The lowest BCUT2D eigenvalue weighted by molar-refractivity contribution is -0.161. The van der Waals surface area contributed by atoms with E-state index in [9.17, 15) is 26.3 Å². The van der Waals surface area contributed by atoms with Crippen molar-refractivity contribution < 1.29 is 30.8 Å². The van der Waals surface area contributed by atoms with Gasteiger partial charge in [-0.3, -0.25) is 0 Å². The van der Waals surface area contributed by atoms with Gasteiger partial charge in [0.15, 0.2) is 0 Å². The van der Waals surface area contributed by atoms with Gasteiger partial charge in [-0.15, -0.1) is 0 Å². The van der Waals surface area contributed by atoms with Crippen LogP contribution in [0.4, 0.5) is 26.3 Å². The summed E-state index contributed by atoms with van der Waals surface area (Å²) >= 11 is 0. The molecule has 1 aromatic carbocycles. The maximum Gasteiger partial charge on any atom is 0.418 e. The summed E-state index contributed by atoms with van der Waals surface area (Å²) < 4.78 is 85.1. The van der Waals surface area contributed by atoms with Crippen LogP contribution in [0.15, 0.2) is 41.1 Å². The topological polar surface area (TPSA) is 21.3 Å². The number of likely N-dealkylation sites (tertiary alicyclic amines) is 1. The molecule has 9 heteroatoms. The highest BCUT2D eigenvalue weighted by atomic mass is 19.4. The summed E-state index contributed by atoms with van der Waals surface area (Å²) in [5.41, 5.74) is -2.67. The number of aromatic nitrogens is 1. The van der Waals surface area contributed by atoms with Gasteiger partial charge in [0.25, 0.3) is 0 Å². The van der Waals surface area contributed by atoms with Crippen molar-refractivity contribution in [2.45, 2.75) is 44.6 Å². The van der Waals surface area contributed by atoms with Crippen LogP contribution in [0.1, 0.15) is 36.7 Å². The molecule has 1 fully saturated rings. The standard InChI is InChI=1S/C21H20F6N2O/c1-13-3-2-7-28(13)8-6-16-10-14-9-15(4-5-19(14)30-16)29-11-17(20(22,23)24)18(12-29)21(25,26)27/h4-5,9-13H,2-3,6-8H2,1H3/t13-/m1/s1. The van der Waals surface area contributed by atoms with Gasteiger partial charge in [-0.05, 0) is 50.6 Å². The van der Waals surface area contributed by atoms with Gasteiger partial charge < -0.3 is 13.9 Å². The highest BCUT2D eigenvalue weighted by Gasteiger charge is 2.44. The fraction of sp³-hybridized carbons (Fsp3) is 0.429. The molecule has 162 valence electrons. The molecule has 0 saturated carbocycles. The number of rotatable bonds is 4. The zero-order valence-electron chi connectivity index (χ0n) is 16.1. The third-order valence-corrected chi connectivity index (χ3v) is 5.62. The van der Waals surface area contributed by atoms with Crippen LogP contribution >= 0.6 is 0 Å². The van der Waals surface area contributed by atoms with Gasteiger partial charge in [0.1, 0.15) is 11.3 Å². The summed E-state index contributed by atoms with van der Waals surface area (Å²) in [5, 5.41) is 0.632. The molecule has 2 aromatic heterocycles. The van der Waals surface area contributed by atoms with Crippen molar-refractivity contribution in [3.05, 3.63) is 53.5 Å². The molecular weight excluding hydrogens is 410 g/mol. The molecule has 1 saturated heterocycles. The highest BCUT2D eigenvalue weighted by molar-refractivity contribution is 5.80. The molecule has 30 heavy (non-hydrogen) atoms. The van der Waals surface area contributed by atoms with Gasteiger partial charge in [-0.2, -0.15) is 26.3 Å². The van der Waals surface area contributed by atoms with Crippen molar-refractivity contribution in [1.29, 1.82) is 0 Å². The SMILES string of the molecule is C[C@@H]1CCCN1CCc1cc2cc(-n3cc(C(F)(F)F)c(C(F)(F)F)c3)ccc2o1. The Balaban J connectivity index is 1.61. The Morgan fingerprint density at radius 3 is 2.23 bits per heavy atom. The lowest BCUT2D eigenvalue weighted by Gasteiger charge is -2.19. The van der Waals surface area contributed by atoms with E-state index >= 15 is 0 Å². The molecule has 0 N–H and O–H groups in total. The van der Waals surface area contributed by atoms with Crippen LogP contribution < -0.4 is 0 Å². The molecule has 4 rings (SSSR count). The Bertz CT molecular complexity index is 1010. The Morgan fingerprint density at radius 2 is 1.67 bits per heavy atom. The average Bonchev–Trinajstić information content (AvgIpc) is 3.35. The Kier molecular flexibility index (Phi) is 5.12. The molecule has 1 aliphatic heterocycles. The van der Waals surface area contributed by atoms with Gasteiger partial charge in [0.2, 0.25) is 0 Å². The smallest absolute Gasteiger partial charge is 0.418 e. The predicted molar refractivity (Wildman–Crippen MR) is 99.5 cm³/mol. The lowest BCUT2D eigenvalue weighted by Crippen LogP contribution is -2.28.